The zero-order valence-corrected chi connectivity index (χ0v) is 14.5. The number of halogens is 1. The molecule has 0 fully saturated rings. The van der Waals surface area contributed by atoms with Crippen molar-refractivity contribution in [1.29, 1.82) is 0 Å². The third-order valence-electron chi connectivity index (χ3n) is 3.88. The number of aryl methyl sites for hydroxylation is 2. The SMILES string of the molecule is CCCCc1nnc(NC(=O)Cc2c(C)[nH]c3ccc(F)cc23)s1. The van der Waals surface area contributed by atoms with Gasteiger partial charge in [-0.2, -0.15) is 0 Å². The molecule has 0 unspecified atom stereocenters. The van der Waals surface area contributed by atoms with E-state index in [4.69, 9.17) is 0 Å². The van der Waals surface area contributed by atoms with Gasteiger partial charge in [0.05, 0.1) is 6.42 Å². The number of H-pyrrole nitrogens is 1. The van der Waals surface area contributed by atoms with E-state index in [1.54, 1.807) is 6.07 Å². The molecule has 1 aromatic carbocycles. The van der Waals surface area contributed by atoms with E-state index >= 15 is 0 Å². The molecule has 2 heterocycles. The lowest BCUT2D eigenvalue weighted by Crippen LogP contribution is -2.14. The van der Waals surface area contributed by atoms with Crippen molar-refractivity contribution >= 4 is 33.3 Å². The third-order valence-corrected chi connectivity index (χ3v) is 4.77. The molecule has 2 aromatic heterocycles. The summed E-state index contributed by atoms with van der Waals surface area (Å²) in [5, 5.41) is 13.0. The summed E-state index contributed by atoms with van der Waals surface area (Å²) >= 11 is 1.40. The number of benzene rings is 1. The molecular formula is C17H19FN4OS. The molecule has 0 saturated carbocycles. The third kappa shape index (κ3) is 3.62. The zero-order chi connectivity index (χ0) is 17.1. The Morgan fingerprint density at radius 1 is 1.38 bits per heavy atom. The van der Waals surface area contributed by atoms with Crippen LogP contribution in [0.5, 0.6) is 0 Å². The number of aromatic amines is 1. The van der Waals surface area contributed by atoms with E-state index in [9.17, 15) is 9.18 Å². The first-order valence-corrected chi connectivity index (χ1v) is 8.77. The van der Waals surface area contributed by atoms with Gasteiger partial charge in [-0.3, -0.25) is 4.79 Å². The lowest BCUT2D eigenvalue weighted by atomic mass is 10.1. The molecule has 0 bridgehead atoms. The number of nitrogens with zero attached hydrogens (tertiary/aromatic N) is 2. The highest BCUT2D eigenvalue weighted by atomic mass is 32.1. The Morgan fingerprint density at radius 3 is 3.00 bits per heavy atom. The van der Waals surface area contributed by atoms with Crippen molar-refractivity contribution in [3.8, 4) is 0 Å². The van der Waals surface area contributed by atoms with Crippen molar-refractivity contribution in [2.75, 3.05) is 5.32 Å². The summed E-state index contributed by atoms with van der Waals surface area (Å²) < 4.78 is 13.5. The molecule has 0 radical (unpaired) electrons. The molecule has 3 rings (SSSR count). The Bertz CT molecular complexity index is 871. The maximum Gasteiger partial charge on any atom is 0.230 e. The number of carbonyl (C=O) groups is 1. The lowest BCUT2D eigenvalue weighted by Gasteiger charge is -2.02. The van der Waals surface area contributed by atoms with Crippen molar-refractivity contribution in [3.05, 3.63) is 40.3 Å². The van der Waals surface area contributed by atoms with Crippen LogP contribution in [0.2, 0.25) is 0 Å². The highest BCUT2D eigenvalue weighted by molar-refractivity contribution is 7.15. The van der Waals surface area contributed by atoms with E-state index in [2.05, 4.69) is 27.4 Å². The number of unbranched alkanes of at least 4 members (excludes halogenated alkanes) is 1. The normalized spacial score (nSPS) is 11.1. The van der Waals surface area contributed by atoms with Crippen molar-refractivity contribution < 1.29 is 9.18 Å². The van der Waals surface area contributed by atoms with Crippen LogP contribution in [0.1, 0.15) is 36.0 Å². The topological polar surface area (TPSA) is 70.7 Å². The molecule has 5 nitrogen and oxygen atoms in total. The van der Waals surface area contributed by atoms with Gasteiger partial charge in [-0.05, 0) is 37.1 Å². The van der Waals surface area contributed by atoms with Gasteiger partial charge < -0.3 is 10.3 Å². The minimum absolute atomic E-state index is 0.166. The Labute approximate surface area is 143 Å². The number of carbonyl (C=O) groups excluding carboxylic acids is 1. The fourth-order valence-corrected chi connectivity index (χ4v) is 3.44. The first kappa shape index (κ1) is 16.6. The lowest BCUT2D eigenvalue weighted by molar-refractivity contribution is -0.115. The van der Waals surface area contributed by atoms with Gasteiger partial charge in [-0.25, -0.2) is 4.39 Å². The number of fused-ring (bicyclic) bond motifs is 1. The van der Waals surface area contributed by atoms with E-state index in [0.29, 0.717) is 5.13 Å². The first-order valence-electron chi connectivity index (χ1n) is 7.95. The average molecular weight is 346 g/mol. The fourth-order valence-electron chi connectivity index (χ4n) is 2.64. The van der Waals surface area contributed by atoms with Gasteiger partial charge in [0.25, 0.3) is 0 Å². The van der Waals surface area contributed by atoms with Crippen LogP contribution < -0.4 is 5.32 Å². The molecule has 0 aliphatic rings. The van der Waals surface area contributed by atoms with Gasteiger partial charge in [0.15, 0.2) is 0 Å². The number of hydrogen-bond acceptors (Lipinski definition) is 4. The second kappa shape index (κ2) is 7.09. The maximum absolute atomic E-state index is 13.5. The minimum Gasteiger partial charge on any atom is -0.358 e. The van der Waals surface area contributed by atoms with Crippen molar-refractivity contribution in [2.45, 2.75) is 39.5 Å². The van der Waals surface area contributed by atoms with Crippen LogP contribution in [-0.4, -0.2) is 21.1 Å². The first-order chi connectivity index (χ1) is 11.6. The van der Waals surface area contributed by atoms with Gasteiger partial charge in [0, 0.05) is 23.0 Å². The number of aromatic nitrogens is 3. The summed E-state index contributed by atoms with van der Waals surface area (Å²) in [6.07, 6.45) is 3.20. The summed E-state index contributed by atoms with van der Waals surface area (Å²) in [5.41, 5.74) is 2.50. The van der Waals surface area contributed by atoms with Gasteiger partial charge in [-0.15, -0.1) is 10.2 Å². The van der Waals surface area contributed by atoms with Gasteiger partial charge in [0.1, 0.15) is 10.8 Å². The zero-order valence-electron chi connectivity index (χ0n) is 13.6. The van der Waals surface area contributed by atoms with Crippen molar-refractivity contribution in [1.82, 2.24) is 15.2 Å². The number of rotatable bonds is 6. The second-order valence-corrected chi connectivity index (χ2v) is 6.81. The quantitative estimate of drug-likeness (QED) is 0.709. The Hall–Kier alpha value is -2.28. The molecule has 0 aliphatic carbocycles. The maximum atomic E-state index is 13.5. The monoisotopic (exact) mass is 346 g/mol. The average Bonchev–Trinajstić information content (AvgIpc) is 3.11. The molecule has 0 saturated heterocycles. The van der Waals surface area contributed by atoms with E-state index in [0.717, 1.165) is 46.4 Å². The predicted molar refractivity (Wildman–Crippen MR) is 93.8 cm³/mol. The van der Waals surface area contributed by atoms with E-state index < -0.39 is 0 Å². The minimum atomic E-state index is -0.312. The van der Waals surface area contributed by atoms with Gasteiger partial charge in [-0.1, -0.05) is 24.7 Å². The van der Waals surface area contributed by atoms with Crippen LogP contribution in [0.4, 0.5) is 9.52 Å². The Kier molecular flexibility index (Phi) is 4.89. The van der Waals surface area contributed by atoms with Crippen molar-refractivity contribution in [3.63, 3.8) is 0 Å². The molecule has 126 valence electrons. The van der Waals surface area contributed by atoms with Crippen LogP contribution in [0.3, 0.4) is 0 Å². The molecule has 2 N–H and O–H groups in total. The summed E-state index contributed by atoms with van der Waals surface area (Å²) in [4.78, 5) is 15.5. The molecule has 0 aliphatic heterocycles. The van der Waals surface area contributed by atoms with Crippen LogP contribution in [0.15, 0.2) is 18.2 Å². The number of nitrogens with one attached hydrogen (secondary N) is 2. The fraction of sp³-hybridized carbons (Fsp3) is 0.353. The van der Waals surface area contributed by atoms with Crippen LogP contribution in [-0.2, 0) is 17.6 Å². The summed E-state index contributed by atoms with van der Waals surface area (Å²) in [5.74, 6) is -0.491. The van der Waals surface area contributed by atoms with Crippen LogP contribution >= 0.6 is 11.3 Å². The summed E-state index contributed by atoms with van der Waals surface area (Å²) in [7, 11) is 0. The van der Waals surface area contributed by atoms with Gasteiger partial charge >= 0.3 is 0 Å². The molecule has 3 aromatic rings. The number of anilines is 1. The molecule has 0 atom stereocenters. The predicted octanol–water partition coefficient (Wildman–Crippen LogP) is 3.99. The Balaban J connectivity index is 1.72. The van der Waals surface area contributed by atoms with E-state index in [-0.39, 0.29) is 18.1 Å². The highest BCUT2D eigenvalue weighted by Gasteiger charge is 2.15. The molecule has 7 heteroatoms. The van der Waals surface area contributed by atoms with E-state index in [1.165, 1.54) is 23.5 Å². The van der Waals surface area contributed by atoms with E-state index in [1.807, 2.05) is 6.92 Å². The Morgan fingerprint density at radius 2 is 2.21 bits per heavy atom. The molecule has 0 spiro atoms. The second-order valence-electron chi connectivity index (χ2n) is 5.75. The molecular weight excluding hydrogens is 327 g/mol. The van der Waals surface area contributed by atoms with Gasteiger partial charge in [0.2, 0.25) is 11.0 Å². The summed E-state index contributed by atoms with van der Waals surface area (Å²) in [6.45, 7) is 4.00. The molecule has 1 amide bonds. The summed E-state index contributed by atoms with van der Waals surface area (Å²) in [6, 6.07) is 4.54. The smallest absolute Gasteiger partial charge is 0.230 e. The highest BCUT2D eigenvalue weighted by Crippen LogP contribution is 2.24. The van der Waals surface area contributed by atoms with Crippen molar-refractivity contribution in [2.24, 2.45) is 0 Å². The standard InChI is InChI=1S/C17H19FN4OS/c1-3-4-5-16-21-22-17(24-16)20-15(23)9-12-10(2)19-14-7-6-11(18)8-13(12)14/h6-8,19H,3-5,9H2,1-2H3,(H,20,22,23). The largest absolute Gasteiger partial charge is 0.358 e. The van der Waals surface area contributed by atoms with Crippen LogP contribution in [0, 0.1) is 12.7 Å². The molecule has 24 heavy (non-hydrogen) atoms. The number of hydrogen-bond donors (Lipinski definition) is 2. The number of amides is 1. The van der Waals surface area contributed by atoms with Crippen LogP contribution in [0.25, 0.3) is 10.9 Å².